The van der Waals surface area contributed by atoms with Crippen LogP contribution in [-0.2, 0) is 4.74 Å². The summed E-state index contributed by atoms with van der Waals surface area (Å²) in [5.41, 5.74) is 0. The van der Waals surface area contributed by atoms with Gasteiger partial charge in [0.15, 0.2) is 0 Å². The summed E-state index contributed by atoms with van der Waals surface area (Å²) < 4.78 is 89.3. The van der Waals surface area contributed by atoms with Gasteiger partial charge in [-0.05, 0) is 12.2 Å². The predicted molar refractivity (Wildman–Crippen MR) is 43.7 cm³/mol. The van der Waals surface area contributed by atoms with E-state index in [2.05, 4.69) is 4.74 Å². The predicted octanol–water partition coefficient (Wildman–Crippen LogP) is 4.20. The van der Waals surface area contributed by atoms with E-state index in [1.165, 1.54) is 0 Å². The Hall–Kier alpha value is -0.760. The maximum absolute atomic E-state index is 13.6. The lowest BCUT2D eigenvalue weighted by molar-refractivity contribution is -0.426. The molecule has 98 valence electrons. The lowest BCUT2D eigenvalue weighted by Gasteiger charge is -2.31. The quantitative estimate of drug-likeness (QED) is 0.690. The molecule has 9 heteroatoms. The highest BCUT2D eigenvalue weighted by molar-refractivity contribution is 6.30. The Morgan fingerprint density at radius 1 is 1.24 bits per heavy atom. The van der Waals surface area contributed by atoms with Crippen LogP contribution in [0.5, 0.6) is 0 Å². The van der Waals surface area contributed by atoms with E-state index >= 15 is 0 Å². The van der Waals surface area contributed by atoms with Gasteiger partial charge in [0.05, 0.1) is 5.03 Å². The molecule has 17 heavy (non-hydrogen) atoms. The molecule has 1 aliphatic carbocycles. The van der Waals surface area contributed by atoms with Gasteiger partial charge in [0.2, 0.25) is 0 Å². The van der Waals surface area contributed by atoms with Crippen molar-refractivity contribution in [2.24, 2.45) is 0 Å². The Morgan fingerprint density at radius 2 is 1.76 bits per heavy atom. The fraction of sp³-hybridized carbons (Fsp3) is 0.500. The van der Waals surface area contributed by atoms with Crippen LogP contribution in [-0.4, -0.2) is 18.1 Å². The van der Waals surface area contributed by atoms with E-state index in [9.17, 15) is 30.7 Å². The van der Waals surface area contributed by atoms with Gasteiger partial charge in [-0.1, -0.05) is 11.6 Å². The Bertz CT molecular complexity index is 373. The molecule has 1 aliphatic rings. The van der Waals surface area contributed by atoms with Gasteiger partial charge >= 0.3 is 12.3 Å². The van der Waals surface area contributed by atoms with Gasteiger partial charge in [-0.2, -0.15) is 22.0 Å². The molecule has 1 atom stereocenters. The van der Waals surface area contributed by atoms with Crippen molar-refractivity contribution in [3.63, 3.8) is 0 Å². The number of alkyl halides is 6. The number of ether oxygens (including phenoxy) is 1. The second-order valence-corrected chi connectivity index (χ2v) is 3.54. The Kier molecular flexibility index (Phi) is 3.50. The normalized spacial score (nSPS) is 26.6. The van der Waals surface area contributed by atoms with Crippen molar-refractivity contribution in [2.45, 2.75) is 24.6 Å². The van der Waals surface area contributed by atoms with Crippen LogP contribution in [0.25, 0.3) is 0 Å². The van der Waals surface area contributed by atoms with Crippen molar-refractivity contribution in [1.29, 1.82) is 0 Å². The number of hydrogen-bond donors (Lipinski definition) is 0. The zero-order valence-corrected chi connectivity index (χ0v) is 8.55. The van der Waals surface area contributed by atoms with Crippen LogP contribution < -0.4 is 0 Å². The molecule has 0 aromatic carbocycles. The van der Waals surface area contributed by atoms with Crippen LogP contribution in [0.3, 0.4) is 0 Å². The summed E-state index contributed by atoms with van der Waals surface area (Å²) in [6, 6.07) is 0. The standard InChI is InChI=1S/C8H4ClF7O/c9-5-3-4(10)1-2-6(5,11)17-8(15,16)7(12,13)14/h1,3H,2H2. The number of allylic oxidation sites excluding steroid dienone is 2. The van der Waals surface area contributed by atoms with Crippen molar-refractivity contribution in [3.8, 4) is 0 Å². The van der Waals surface area contributed by atoms with Crippen molar-refractivity contribution in [2.75, 3.05) is 0 Å². The van der Waals surface area contributed by atoms with Gasteiger partial charge < -0.3 is 0 Å². The Morgan fingerprint density at radius 3 is 2.18 bits per heavy atom. The molecule has 0 N–H and O–H groups in total. The molecule has 0 spiro atoms. The average Bonchev–Trinajstić information content (AvgIpc) is 2.10. The van der Waals surface area contributed by atoms with Crippen LogP contribution in [0.1, 0.15) is 6.42 Å². The Balaban J connectivity index is 2.93. The van der Waals surface area contributed by atoms with E-state index in [0.717, 1.165) is 0 Å². The molecule has 0 aromatic rings. The fourth-order valence-electron chi connectivity index (χ4n) is 0.965. The Labute approximate surface area is 95.5 Å². The maximum Gasteiger partial charge on any atom is 0.483 e. The zero-order valence-electron chi connectivity index (χ0n) is 7.79. The number of hydrogen-bond acceptors (Lipinski definition) is 1. The molecule has 0 bridgehead atoms. The third-order valence-electron chi connectivity index (χ3n) is 1.80. The van der Waals surface area contributed by atoms with E-state index in [1.807, 2.05) is 0 Å². The third kappa shape index (κ3) is 2.92. The van der Waals surface area contributed by atoms with Gasteiger partial charge in [0, 0.05) is 6.42 Å². The average molecular weight is 285 g/mol. The van der Waals surface area contributed by atoms with E-state index in [1.54, 1.807) is 0 Å². The highest BCUT2D eigenvalue weighted by atomic mass is 35.5. The lowest BCUT2D eigenvalue weighted by Crippen LogP contribution is -2.46. The van der Waals surface area contributed by atoms with Crippen LogP contribution >= 0.6 is 11.6 Å². The number of rotatable bonds is 2. The van der Waals surface area contributed by atoms with Crippen molar-refractivity contribution in [1.82, 2.24) is 0 Å². The minimum atomic E-state index is -6.09. The first-order valence-electron chi connectivity index (χ1n) is 4.05. The summed E-state index contributed by atoms with van der Waals surface area (Å²) in [6.07, 6.45) is -12.3. The third-order valence-corrected chi connectivity index (χ3v) is 2.19. The first-order valence-corrected chi connectivity index (χ1v) is 4.43. The highest BCUT2D eigenvalue weighted by Crippen LogP contribution is 2.45. The lowest BCUT2D eigenvalue weighted by atomic mass is 10.1. The molecule has 0 saturated carbocycles. The minimum absolute atomic E-state index is 0.261. The second-order valence-electron chi connectivity index (χ2n) is 3.13. The topological polar surface area (TPSA) is 9.23 Å². The molecule has 1 unspecified atom stereocenters. The van der Waals surface area contributed by atoms with E-state index in [-0.39, 0.29) is 6.08 Å². The largest absolute Gasteiger partial charge is 0.483 e. The van der Waals surface area contributed by atoms with Crippen molar-refractivity contribution >= 4 is 11.6 Å². The van der Waals surface area contributed by atoms with E-state index in [0.29, 0.717) is 6.08 Å². The summed E-state index contributed by atoms with van der Waals surface area (Å²) >= 11 is 5.05. The van der Waals surface area contributed by atoms with Crippen LogP contribution in [0, 0.1) is 0 Å². The molecule has 0 fully saturated rings. The van der Waals surface area contributed by atoms with Gasteiger partial charge in [-0.25, -0.2) is 8.78 Å². The summed E-state index contributed by atoms with van der Waals surface area (Å²) in [5.74, 6) is -4.65. The SMILES string of the molecule is FC1=CCC(F)(OC(F)(F)C(F)(F)F)C(Cl)=C1. The zero-order chi connectivity index (χ0) is 13.5. The maximum atomic E-state index is 13.6. The van der Waals surface area contributed by atoms with E-state index in [4.69, 9.17) is 11.6 Å². The molecule has 1 nitrogen and oxygen atoms in total. The monoisotopic (exact) mass is 284 g/mol. The molecule has 0 heterocycles. The molecule has 0 saturated heterocycles. The molecule has 0 radical (unpaired) electrons. The van der Waals surface area contributed by atoms with Gasteiger partial charge in [0.1, 0.15) is 5.83 Å². The first kappa shape index (κ1) is 14.3. The summed E-state index contributed by atoms with van der Waals surface area (Å²) in [5, 5.41) is -1.22. The van der Waals surface area contributed by atoms with Crippen LogP contribution in [0.4, 0.5) is 30.7 Å². The van der Waals surface area contributed by atoms with Gasteiger partial charge in [-0.3, -0.25) is 4.74 Å². The van der Waals surface area contributed by atoms with Crippen molar-refractivity contribution < 1.29 is 35.5 Å². The first-order chi connectivity index (χ1) is 7.48. The molecule has 0 aliphatic heterocycles. The molecule has 1 rings (SSSR count). The molecular weight excluding hydrogens is 281 g/mol. The summed E-state index contributed by atoms with van der Waals surface area (Å²) in [7, 11) is 0. The van der Waals surface area contributed by atoms with Crippen LogP contribution in [0.2, 0.25) is 0 Å². The summed E-state index contributed by atoms with van der Waals surface area (Å²) in [6.45, 7) is 0. The number of halogens is 8. The minimum Gasteiger partial charge on any atom is -0.270 e. The summed E-state index contributed by atoms with van der Waals surface area (Å²) in [4.78, 5) is 0. The van der Waals surface area contributed by atoms with Crippen LogP contribution in [0.15, 0.2) is 23.0 Å². The van der Waals surface area contributed by atoms with Gasteiger partial charge in [0.25, 0.3) is 5.85 Å². The molecule has 0 amide bonds. The van der Waals surface area contributed by atoms with Gasteiger partial charge in [-0.15, -0.1) is 0 Å². The van der Waals surface area contributed by atoms with E-state index < -0.39 is 35.4 Å². The fourth-order valence-corrected chi connectivity index (χ4v) is 1.19. The van der Waals surface area contributed by atoms with Crippen molar-refractivity contribution in [3.05, 3.63) is 23.0 Å². The second kappa shape index (κ2) is 4.16. The smallest absolute Gasteiger partial charge is 0.270 e. The highest BCUT2D eigenvalue weighted by Gasteiger charge is 2.63. The molecule has 0 aromatic heterocycles. The molecular formula is C8H4ClF7O.